The lowest BCUT2D eigenvalue weighted by atomic mass is 9.84. The predicted molar refractivity (Wildman–Crippen MR) is 106 cm³/mol. The van der Waals surface area contributed by atoms with E-state index in [0.29, 0.717) is 18.9 Å². The van der Waals surface area contributed by atoms with Crippen LogP contribution >= 0.6 is 0 Å². The van der Waals surface area contributed by atoms with E-state index in [1.807, 2.05) is 25.7 Å². The lowest BCUT2D eigenvalue weighted by Crippen LogP contribution is -2.46. The predicted octanol–water partition coefficient (Wildman–Crippen LogP) is 3.65. The highest BCUT2D eigenvalue weighted by molar-refractivity contribution is 5.80. The molecule has 1 saturated carbocycles. The van der Waals surface area contributed by atoms with E-state index in [1.165, 1.54) is 17.5 Å². The largest absolute Gasteiger partial charge is 0.447 e. The number of carbonyl (C=O) groups is 2. The van der Waals surface area contributed by atoms with Gasteiger partial charge >= 0.3 is 6.09 Å². The maximum atomic E-state index is 13.0. The van der Waals surface area contributed by atoms with Gasteiger partial charge in [-0.3, -0.25) is 4.79 Å². The summed E-state index contributed by atoms with van der Waals surface area (Å²) in [6.45, 7) is 9.78. The average molecular weight is 373 g/mol. The van der Waals surface area contributed by atoms with E-state index in [4.69, 9.17) is 4.74 Å². The zero-order valence-corrected chi connectivity index (χ0v) is 17.0. The monoisotopic (exact) mass is 372 g/mol. The van der Waals surface area contributed by atoms with Gasteiger partial charge in [-0.1, -0.05) is 31.2 Å². The van der Waals surface area contributed by atoms with Crippen molar-refractivity contribution in [3.63, 3.8) is 0 Å². The highest BCUT2D eigenvalue weighted by atomic mass is 16.6. The molecular weight excluding hydrogens is 340 g/mol. The first-order valence-electron chi connectivity index (χ1n) is 10.2. The van der Waals surface area contributed by atoms with Gasteiger partial charge in [0.05, 0.1) is 12.0 Å². The van der Waals surface area contributed by atoms with Gasteiger partial charge in [-0.25, -0.2) is 4.79 Å². The van der Waals surface area contributed by atoms with Crippen LogP contribution in [0.5, 0.6) is 0 Å². The number of ether oxygens (including phenoxy) is 1. The zero-order valence-electron chi connectivity index (χ0n) is 17.0. The van der Waals surface area contributed by atoms with Crippen molar-refractivity contribution >= 4 is 12.0 Å². The van der Waals surface area contributed by atoms with Crippen molar-refractivity contribution in [1.29, 1.82) is 0 Å². The summed E-state index contributed by atoms with van der Waals surface area (Å²) in [5, 5.41) is 2.74. The second-order valence-corrected chi connectivity index (χ2v) is 8.35. The number of hydrogen-bond donors (Lipinski definition) is 1. The van der Waals surface area contributed by atoms with Crippen molar-refractivity contribution in [2.75, 3.05) is 19.6 Å². The molecule has 2 fully saturated rings. The van der Waals surface area contributed by atoms with Crippen molar-refractivity contribution < 1.29 is 14.3 Å². The third-order valence-corrected chi connectivity index (χ3v) is 6.17. The van der Waals surface area contributed by atoms with Gasteiger partial charge in [0, 0.05) is 25.0 Å². The summed E-state index contributed by atoms with van der Waals surface area (Å²) in [6, 6.07) is 8.66. The number of aryl methyl sites for hydroxylation is 1. The summed E-state index contributed by atoms with van der Waals surface area (Å²) in [7, 11) is 0. The van der Waals surface area contributed by atoms with Crippen LogP contribution in [0.3, 0.4) is 0 Å². The van der Waals surface area contributed by atoms with Crippen LogP contribution in [0.25, 0.3) is 0 Å². The number of rotatable bonds is 6. The number of alkyl carbamates (subject to hydrolysis) is 1. The molecule has 1 aliphatic carbocycles. The average Bonchev–Trinajstić information content (AvgIpc) is 3.36. The Balaban J connectivity index is 1.56. The molecule has 2 amide bonds. The molecule has 0 radical (unpaired) electrons. The van der Waals surface area contributed by atoms with E-state index in [0.717, 1.165) is 19.5 Å². The van der Waals surface area contributed by atoms with Crippen LogP contribution in [-0.2, 0) is 14.9 Å². The second kappa shape index (κ2) is 7.91. The molecule has 148 valence electrons. The Morgan fingerprint density at radius 1 is 1.33 bits per heavy atom. The molecule has 1 aliphatic heterocycles. The molecule has 1 aromatic rings. The summed E-state index contributed by atoms with van der Waals surface area (Å²) in [5.74, 6) is 0.537. The number of carbonyl (C=O) groups excluding carboxylic acids is 2. The van der Waals surface area contributed by atoms with Crippen molar-refractivity contribution in [1.82, 2.24) is 10.2 Å². The van der Waals surface area contributed by atoms with Crippen molar-refractivity contribution in [3.8, 4) is 0 Å². The first kappa shape index (κ1) is 19.7. The summed E-state index contributed by atoms with van der Waals surface area (Å²) in [6.07, 6.45) is 2.32. The van der Waals surface area contributed by atoms with Gasteiger partial charge in [-0.2, -0.15) is 0 Å². The van der Waals surface area contributed by atoms with E-state index in [-0.39, 0.29) is 23.3 Å². The van der Waals surface area contributed by atoms with Gasteiger partial charge in [0.1, 0.15) is 0 Å². The first-order chi connectivity index (χ1) is 12.9. The number of amides is 2. The van der Waals surface area contributed by atoms with Gasteiger partial charge < -0.3 is 15.0 Å². The molecule has 1 saturated heterocycles. The van der Waals surface area contributed by atoms with Gasteiger partial charge in [0.25, 0.3) is 0 Å². The van der Waals surface area contributed by atoms with Gasteiger partial charge in [0.15, 0.2) is 0 Å². The summed E-state index contributed by atoms with van der Waals surface area (Å²) < 4.78 is 5.09. The zero-order chi connectivity index (χ0) is 19.6. The number of likely N-dealkylation sites (tertiary alicyclic amines) is 1. The van der Waals surface area contributed by atoms with E-state index in [1.54, 1.807) is 0 Å². The number of piperidine rings is 1. The van der Waals surface area contributed by atoms with E-state index >= 15 is 0 Å². The normalized spacial score (nSPS) is 24.9. The topological polar surface area (TPSA) is 58.6 Å². The fourth-order valence-corrected chi connectivity index (χ4v) is 4.54. The molecule has 1 aromatic carbocycles. The van der Waals surface area contributed by atoms with E-state index in [9.17, 15) is 9.59 Å². The summed E-state index contributed by atoms with van der Waals surface area (Å²) in [4.78, 5) is 26.7. The number of nitrogens with one attached hydrogen (secondary N) is 1. The molecule has 3 atom stereocenters. The maximum Gasteiger partial charge on any atom is 0.407 e. The molecule has 0 bridgehead atoms. The van der Waals surface area contributed by atoms with Crippen LogP contribution in [0.1, 0.15) is 51.2 Å². The second-order valence-electron chi connectivity index (χ2n) is 8.35. The van der Waals surface area contributed by atoms with Crippen LogP contribution in [-0.4, -0.2) is 42.6 Å². The molecule has 0 aromatic heterocycles. The van der Waals surface area contributed by atoms with Crippen LogP contribution in [0, 0.1) is 18.8 Å². The third kappa shape index (κ3) is 4.12. The van der Waals surface area contributed by atoms with Gasteiger partial charge in [-0.15, -0.1) is 0 Å². The molecule has 5 nitrogen and oxygen atoms in total. The van der Waals surface area contributed by atoms with E-state index in [2.05, 4.69) is 36.5 Å². The fraction of sp³-hybridized carbons (Fsp3) is 0.636. The number of nitrogens with zero attached hydrogens (tertiary/aromatic N) is 1. The molecule has 27 heavy (non-hydrogen) atoms. The summed E-state index contributed by atoms with van der Waals surface area (Å²) in [5.41, 5.74) is 3.11. The van der Waals surface area contributed by atoms with Crippen molar-refractivity contribution in [2.45, 2.75) is 58.5 Å². The Kier molecular flexibility index (Phi) is 5.78. The Hall–Kier alpha value is -2.04. The Labute approximate surface area is 162 Å². The highest BCUT2D eigenvalue weighted by Gasteiger charge is 2.58. The first-order valence-corrected chi connectivity index (χ1v) is 10.2. The van der Waals surface area contributed by atoms with Crippen LogP contribution in [0.15, 0.2) is 24.3 Å². The van der Waals surface area contributed by atoms with Crippen LogP contribution in [0.4, 0.5) is 4.79 Å². The minimum atomic E-state index is -0.448. The highest BCUT2D eigenvalue weighted by Crippen LogP contribution is 2.59. The van der Waals surface area contributed by atoms with E-state index < -0.39 is 6.09 Å². The standard InChI is InChI=1S/C22H32N2O3/c1-5-17(13-23-21(26)27-15(2)3)20(25)24-11-10-22(12-18(22)14-24)19-9-7-6-8-16(19)4/h6-9,15,17-18H,5,10-14H2,1-4H3,(H,23,26)/t17-,18?,22?/m1/s1. The Bertz CT molecular complexity index is 703. The number of hydrogen-bond acceptors (Lipinski definition) is 3. The van der Waals surface area contributed by atoms with Gasteiger partial charge in [-0.05, 0) is 57.1 Å². The molecule has 2 aliphatic rings. The SMILES string of the molecule is CC[C@H](CNC(=O)OC(C)C)C(=O)N1CCC2(c3ccccc3C)CC2C1. The Morgan fingerprint density at radius 2 is 2.07 bits per heavy atom. The molecule has 2 unspecified atom stereocenters. The minimum Gasteiger partial charge on any atom is -0.447 e. The molecule has 3 rings (SSSR count). The van der Waals surface area contributed by atoms with Crippen LogP contribution in [0.2, 0.25) is 0 Å². The molecule has 5 heteroatoms. The number of fused-ring (bicyclic) bond motifs is 1. The molecular formula is C22H32N2O3. The quantitative estimate of drug-likeness (QED) is 0.829. The van der Waals surface area contributed by atoms with Crippen LogP contribution < -0.4 is 5.32 Å². The number of benzene rings is 1. The summed E-state index contributed by atoms with van der Waals surface area (Å²) >= 11 is 0. The third-order valence-electron chi connectivity index (χ3n) is 6.17. The molecule has 1 N–H and O–H groups in total. The lowest BCUT2D eigenvalue weighted by molar-refractivity contribution is -0.136. The molecule has 1 heterocycles. The lowest BCUT2D eigenvalue weighted by Gasteiger charge is -2.34. The van der Waals surface area contributed by atoms with Crippen molar-refractivity contribution in [3.05, 3.63) is 35.4 Å². The molecule has 0 spiro atoms. The van der Waals surface area contributed by atoms with Crippen molar-refractivity contribution in [2.24, 2.45) is 11.8 Å². The van der Waals surface area contributed by atoms with Gasteiger partial charge in [0.2, 0.25) is 5.91 Å². The maximum absolute atomic E-state index is 13.0. The fourth-order valence-electron chi connectivity index (χ4n) is 4.54. The smallest absolute Gasteiger partial charge is 0.407 e. The Morgan fingerprint density at radius 3 is 2.70 bits per heavy atom. The minimum absolute atomic E-state index is 0.160.